The topological polar surface area (TPSA) is 96.8 Å². The van der Waals surface area contributed by atoms with E-state index in [1.54, 1.807) is 24.5 Å². The minimum Gasteiger partial charge on any atom is -0.488 e. The minimum absolute atomic E-state index is 0.0212. The summed E-state index contributed by atoms with van der Waals surface area (Å²) in [5.41, 5.74) is 0.989. The molecular formula is C19H22N4O4. The second-order valence-electron chi connectivity index (χ2n) is 6.64. The van der Waals surface area contributed by atoms with Crippen LogP contribution in [0.5, 0.6) is 5.75 Å². The lowest BCUT2D eigenvalue weighted by atomic mass is 9.99. The number of fused-ring (bicyclic) bond motifs is 1. The van der Waals surface area contributed by atoms with E-state index in [0.717, 1.165) is 18.4 Å². The Labute approximate surface area is 157 Å². The molecule has 8 nitrogen and oxygen atoms in total. The maximum Gasteiger partial charge on any atom is 0.329 e. The van der Waals surface area contributed by atoms with E-state index in [4.69, 9.17) is 9.47 Å². The molecule has 2 aliphatic heterocycles. The normalized spacial score (nSPS) is 21.6. The number of rotatable bonds is 4. The molecule has 142 valence electrons. The number of ether oxygens (including phenoxy) is 2. The first-order valence-corrected chi connectivity index (χ1v) is 9.10. The van der Waals surface area contributed by atoms with Crippen LogP contribution in [-0.4, -0.2) is 53.1 Å². The number of pyridine rings is 2. The van der Waals surface area contributed by atoms with Gasteiger partial charge in [-0.1, -0.05) is 6.07 Å². The summed E-state index contributed by atoms with van der Waals surface area (Å²) in [4.78, 5) is 23.0. The summed E-state index contributed by atoms with van der Waals surface area (Å²) >= 11 is 0. The van der Waals surface area contributed by atoms with E-state index in [9.17, 15) is 9.90 Å². The molecule has 0 spiro atoms. The highest BCUT2D eigenvalue weighted by atomic mass is 16.5. The molecular weight excluding hydrogens is 348 g/mol. The van der Waals surface area contributed by atoms with Gasteiger partial charge in [-0.15, -0.1) is 0 Å². The minimum atomic E-state index is -0.373. The monoisotopic (exact) mass is 370 g/mol. The van der Waals surface area contributed by atoms with Crippen LogP contribution < -0.4 is 15.0 Å². The zero-order chi connectivity index (χ0) is 18.6. The fourth-order valence-corrected chi connectivity index (χ4v) is 3.42. The van der Waals surface area contributed by atoms with E-state index < -0.39 is 0 Å². The Morgan fingerprint density at radius 1 is 1.33 bits per heavy atom. The van der Waals surface area contributed by atoms with Crippen molar-refractivity contribution in [1.82, 2.24) is 9.97 Å². The van der Waals surface area contributed by atoms with Crippen LogP contribution in [0, 0.1) is 0 Å². The molecule has 2 amide bonds. The summed E-state index contributed by atoms with van der Waals surface area (Å²) in [5, 5.41) is 12.5. The zero-order valence-electron chi connectivity index (χ0n) is 14.9. The summed E-state index contributed by atoms with van der Waals surface area (Å²) in [6.45, 7) is 1.14. The van der Waals surface area contributed by atoms with Crippen molar-refractivity contribution in [1.29, 1.82) is 0 Å². The molecule has 8 heteroatoms. The van der Waals surface area contributed by atoms with Crippen LogP contribution in [0.2, 0.25) is 0 Å². The van der Waals surface area contributed by atoms with Crippen LogP contribution in [0.25, 0.3) is 0 Å². The maximum atomic E-state index is 12.9. The summed E-state index contributed by atoms with van der Waals surface area (Å²) in [6.07, 6.45) is 5.57. The van der Waals surface area contributed by atoms with Gasteiger partial charge in [-0.3, -0.25) is 10.2 Å². The number of nitrogens with zero attached hydrogens (tertiary/aromatic N) is 3. The first-order chi connectivity index (χ1) is 13.2. The molecule has 2 N–H and O–H groups in total. The van der Waals surface area contributed by atoms with Crippen LogP contribution in [0.4, 0.5) is 16.4 Å². The Morgan fingerprint density at radius 2 is 2.26 bits per heavy atom. The lowest BCUT2D eigenvalue weighted by molar-refractivity contribution is 0.141. The summed E-state index contributed by atoms with van der Waals surface area (Å²) in [5.74, 6) is 1.60. The fraction of sp³-hybridized carbons (Fsp3) is 0.421. The lowest BCUT2D eigenvalue weighted by Gasteiger charge is -2.34. The molecule has 1 saturated heterocycles. The number of carbonyl (C=O) groups is 1. The van der Waals surface area contributed by atoms with Crippen molar-refractivity contribution in [3.05, 3.63) is 42.2 Å². The van der Waals surface area contributed by atoms with Crippen molar-refractivity contribution in [2.45, 2.75) is 31.4 Å². The number of aryl methyl sites for hydroxylation is 1. The maximum absolute atomic E-state index is 12.9. The highest BCUT2D eigenvalue weighted by Crippen LogP contribution is 2.29. The molecule has 0 aliphatic carbocycles. The van der Waals surface area contributed by atoms with Gasteiger partial charge in [0.05, 0.1) is 25.9 Å². The molecule has 27 heavy (non-hydrogen) atoms. The summed E-state index contributed by atoms with van der Waals surface area (Å²) in [7, 11) is 0. The van der Waals surface area contributed by atoms with Gasteiger partial charge in [-0.2, -0.15) is 0 Å². The third kappa shape index (κ3) is 3.86. The number of urea groups is 1. The molecule has 0 bridgehead atoms. The van der Waals surface area contributed by atoms with Crippen LogP contribution in [0.3, 0.4) is 0 Å². The van der Waals surface area contributed by atoms with Crippen molar-refractivity contribution in [3.63, 3.8) is 0 Å². The van der Waals surface area contributed by atoms with Gasteiger partial charge in [0.1, 0.15) is 23.5 Å². The molecule has 4 rings (SSSR count). The van der Waals surface area contributed by atoms with Gasteiger partial charge in [0.2, 0.25) is 0 Å². The highest BCUT2D eigenvalue weighted by Gasteiger charge is 2.32. The quantitative estimate of drug-likeness (QED) is 0.854. The lowest BCUT2D eigenvalue weighted by Crippen LogP contribution is -2.48. The Balaban J connectivity index is 1.51. The molecule has 2 aromatic rings. The van der Waals surface area contributed by atoms with Gasteiger partial charge in [-0.05, 0) is 30.5 Å². The second kappa shape index (κ2) is 7.89. The number of hydrogen-bond acceptors (Lipinski definition) is 6. The van der Waals surface area contributed by atoms with Crippen LogP contribution in [0.1, 0.15) is 18.4 Å². The molecule has 2 aliphatic rings. The number of amides is 2. The Bertz CT molecular complexity index is 810. The molecule has 2 aromatic heterocycles. The smallest absolute Gasteiger partial charge is 0.329 e. The average Bonchev–Trinajstić information content (AvgIpc) is 3.20. The Kier molecular flexibility index (Phi) is 5.17. The van der Waals surface area contributed by atoms with Crippen LogP contribution >= 0.6 is 0 Å². The van der Waals surface area contributed by atoms with Crippen molar-refractivity contribution >= 4 is 17.7 Å². The van der Waals surface area contributed by atoms with Gasteiger partial charge >= 0.3 is 6.03 Å². The molecule has 2 atom stereocenters. The summed E-state index contributed by atoms with van der Waals surface area (Å²) < 4.78 is 11.2. The number of aliphatic hydroxyl groups excluding tert-OH is 1. The molecule has 0 saturated carbocycles. The van der Waals surface area contributed by atoms with E-state index >= 15 is 0 Å². The van der Waals surface area contributed by atoms with Crippen LogP contribution in [0.15, 0.2) is 36.7 Å². The zero-order valence-corrected chi connectivity index (χ0v) is 14.9. The van der Waals surface area contributed by atoms with E-state index in [0.29, 0.717) is 37.0 Å². The number of aromatic nitrogens is 2. The fourth-order valence-electron chi connectivity index (χ4n) is 3.42. The van der Waals surface area contributed by atoms with E-state index in [1.807, 2.05) is 12.1 Å². The molecule has 0 radical (unpaired) electrons. The van der Waals surface area contributed by atoms with Gasteiger partial charge in [-0.25, -0.2) is 14.8 Å². The van der Waals surface area contributed by atoms with Crippen molar-refractivity contribution in [2.24, 2.45) is 0 Å². The number of carbonyl (C=O) groups excluding carboxylic acids is 1. The highest BCUT2D eigenvalue weighted by molar-refractivity contribution is 6.01. The van der Waals surface area contributed by atoms with Gasteiger partial charge in [0.25, 0.3) is 0 Å². The van der Waals surface area contributed by atoms with Gasteiger partial charge in [0, 0.05) is 24.9 Å². The largest absolute Gasteiger partial charge is 0.488 e. The molecule has 4 heterocycles. The SMILES string of the molecule is O=C(Nc1cc(OC2CCOC2)ccn1)N1c2ncccc2CCC1CO. The predicted molar refractivity (Wildman–Crippen MR) is 99.0 cm³/mol. The van der Waals surface area contributed by atoms with Crippen molar-refractivity contribution in [2.75, 3.05) is 30.0 Å². The first-order valence-electron chi connectivity index (χ1n) is 9.10. The van der Waals surface area contributed by atoms with Crippen LogP contribution in [-0.2, 0) is 11.2 Å². The van der Waals surface area contributed by atoms with E-state index in [2.05, 4.69) is 15.3 Å². The molecule has 2 unspecified atom stereocenters. The number of nitrogens with one attached hydrogen (secondary N) is 1. The summed E-state index contributed by atoms with van der Waals surface area (Å²) in [6, 6.07) is 6.55. The number of hydrogen-bond donors (Lipinski definition) is 2. The van der Waals surface area contributed by atoms with Gasteiger partial charge in [0.15, 0.2) is 0 Å². The molecule has 1 fully saturated rings. The third-order valence-electron chi connectivity index (χ3n) is 4.79. The third-order valence-corrected chi connectivity index (χ3v) is 4.79. The average molecular weight is 370 g/mol. The van der Waals surface area contributed by atoms with Crippen molar-refractivity contribution in [3.8, 4) is 5.75 Å². The predicted octanol–water partition coefficient (Wildman–Crippen LogP) is 1.99. The second-order valence-corrected chi connectivity index (χ2v) is 6.64. The van der Waals surface area contributed by atoms with Gasteiger partial charge < -0.3 is 14.6 Å². The van der Waals surface area contributed by atoms with Crippen molar-refractivity contribution < 1.29 is 19.4 Å². The van der Waals surface area contributed by atoms with E-state index in [1.165, 1.54) is 4.90 Å². The standard InChI is InChI=1S/C19H22N4O4/c24-11-14-4-3-13-2-1-7-21-18(13)23(14)19(25)22-17-10-15(5-8-20-17)27-16-6-9-26-12-16/h1-2,5,7-8,10,14,16,24H,3-4,6,9,11-12H2,(H,20,22,25). The Morgan fingerprint density at radius 3 is 3.07 bits per heavy atom. The number of aliphatic hydroxyl groups is 1. The first kappa shape index (κ1) is 17.7. The number of anilines is 2. The Hall–Kier alpha value is -2.71. The van der Waals surface area contributed by atoms with E-state index in [-0.39, 0.29) is 24.8 Å². The molecule has 0 aromatic carbocycles.